The lowest BCUT2D eigenvalue weighted by atomic mass is 10.1. The number of nitrogens with zero attached hydrogens (tertiary/aromatic N) is 4. The van der Waals surface area contributed by atoms with Gasteiger partial charge in [0.1, 0.15) is 11.2 Å². The molecule has 0 aliphatic heterocycles. The highest BCUT2D eigenvalue weighted by Gasteiger charge is 2.12. The fourth-order valence-corrected chi connectivity index (χ4v) is 2.61. The minimum absolute atomic E-state index is 0.134. The van der Waals surface area contributed by atoms with Gasteiger partial charge in [0, 0.05) is 17.1 Å². The lowest BCUT2D eigenvalue weighted by Crippen LogP contribution is -1.99. The molecular formula is C18H14N4O. The molecule has 2 aromatic carbocycles. The number of hydrogen-bond acceptors (Lipinski definition) is 4. The SMILES string of the molecule is Oc1c(-c2cn(Cc3ccccc3)nn2)ccc2cccnc12. The van der Waals surface area contributed by atoms with Gasteiger partial charge in [0.2, 0.25) is 0 Å². The summed E-state index contributed by atoms with van der Waals surface area (Å²) < 4.78 is 1.76. The average molecular weight is 302 g/mol. The van der Waals surface area contributed by atoms with E-state index in [2.05, 4.69) is 15.3 Å². The summed E-state index contributed by atoms with van der Waals surface area (Å²) in [5.41, 5.74) is 2.98. The Bertz CT molecular complexity index is 963. The molecule has 0 saturated carbocycles. The molecule has 5 nitrogen and oxygen atoms in total. The van der Waals surface area contributed by atoms with Crippen LogP contribution in [0.2, 0.25) is 0 Å². The predicted molar refractivity (Wildman–Crippen MR) is 88.0 cm³/mol. The Kier molecular flexibility index (Phi) is 3.24. The molecule has 2 heterocycles. The largest absolute Gasteiger partial charge is 0.505 e. The van der Waals surface area contributed by atoms with Crippen LogP contribution in [0.25, 0.3) is 22.2 Å². The van der Waals surface area contributed by atoms with E-state index in [9.17, 15) is 5.11 Å². The Hall–Kier alpha value is -3.21. The van der Waals surface area contributed by atoms with Crippen molar-refractivity contribution in [2.45, 2.75) is 6.54 Å². The van der Waals surface area contributed by atoms with Crippen molar-refractivity contribution in [2.75, 3.05) is 0 Å². The van der Waals surface area contributed by atoms with Crippen LogP contribution in [0, 0.1) is 0 Å². The van der Waals surface area contributed by atoms with Crippen LogP contribution in [-0.2, 0) is 6.54 Å². The van der Waals surface area contributed by atoms with E-state index >= 15 is 0 Å². The molecule has 0 atom stereocenters. The number of fused-ring (bicyclic) bond motifs is 1. The zero-order chi connectivity index (χ0) is 15.6. The van der Waals surface area contributed by atoms with Crippen molar-refractivity contribution < 1.29 is 5.11 Å². The summed E-state index contributed by atoms with van der Waals surface area (Å²) >= 11 is 0. The molecule has 5 heteroatoms. The van der Waals surface area contributed by atoms with Gasteiger partial charge >= 0.3 is 0 Å². The molecule has 112 valence electrons. The molecule has 0 spiro atoms. The second-order valence-electron chi connectivity index (χ2n) is 5.32. The van der Waals surface area contributed by atoms with Gasteiger partial charge in [0.05, 0.1) is 12.7 Å². The third kappa shape index (κ3) is 2.53. The number of aromatic hydroxyl groups is 1. The van der Waals surface area contributed by atoms with Crippen LogP contribution in [0.1, 0.15) is 5.56 Å². The van der Waals surface area contributed by atoms with Crippen LogP contribution >= 0.6 is 0 Å². The van der Waals surface area contributed by atoms with Gasteiger partial charge in [0.15, 0.2) is 5.75 Å². The first-order valence-electron chi connectivity index (χ1n) is 7.32. The Balaban J connectivity index is 1.70. The lowest BCUT2D eigenvalue weighted by molar-refractivity contribution is 0.482. The van der Waals surface area contributed by atoms with Crippen molar-refractivity contribution in [3.05, 3.63) is 72.6 Å². The van der Waals surface area contributed by atoms with Gasteiger partial charge in [-0.1, -0.05) is 47.7 Å². The van der Waals surface area contributed by atoms with Crippen LogP contribution in [0.5, 0.6) is 5.75 Å². The van der Waals surface area contributed by atoms with Gasteiger partial charge in [-0.2, -0.15) is 0 Å². The maximum absolute atomic E-state index is 10.5. The highest BCUT2D eigenvalue weighted by molar-refractivity contribution is 5.90. The molecule has 0 bridgehead atoms. The zero-order valence-electron chi connectivity index (χ0n) is 12.3. The summed E-state index contributed by atoms with van der Waals surface area (Å²) in [6.07, 6.45) is 3.49. The third-order valence-electron chi connectivity index (χ3n) is 3.75. The molecule has 0 aliphatic rings. The van der Waals surface area contributed by atoms with Gasteiger partial charge < -0.3 is 5.11 Å². The van der Waals surface area contributed by atoms with Crippen LogP contribution in [-0.4, -0.2) is 25.1 Å². The van der Waals surface area contributed by atoms with Gasteiger partial charge in [-0.25, -0.2) is 4.68 Å². The molecule has 0 saturated heterocycles. The summed E-state index contributed by atoms with van der Waals surface area (Å²) in [4.78, 5) is 4.24. The first kappa shape index (κ1) is 13.5. The van der Waals surface area contributed by atoms with Gasteiger partial charge in [-0.15, -0.1) is 5.10 Å². The van der Waals surface area contributed by atoms with Gasteiger partial charge in [-0.3, -0.25) is 4.98 Å². The molecule has 4 rings (SSSR count). The van der Waals surface area contributed by atoms with E-state index in [1.165, 1.54) is 0 Å². The molecule has 1 N–H and O–H groups in total. The van der Waals surface area contributed by atoms with E-state index in [0.29, 0.717) is 23.3 Å². The number of rotatable bonds is 3. The van der Waals surface area contributed by atoms with Crippen molar-refractivity contribution in [3.63, 3.8) is 0 Å². The van der Waals surface area contributed by atoms with Gasteiger partial charge in [-0.05, 0) is 17.7 Å². The van der Waals surface area contributed by atoms with Crippen molar-refractivity contribution in [3.8, 4) is 17.0 Å². The number of phenolic OH excluding ortho intramolecular Hbond substituents is 1. The summed E-state index contributed by atoms with van der Waals surface area (Å²) in [5, 5.41) is 19.7. The first-order valence-corrected chi connectivity index (χ1v) is 7.32. The van der Waals surface area contributed by atoms with E-state index in [1.54, 1.807) is 10.9 Å². The van der Waals surface area contributed by atoms with Gasteiger partial charge in [0.25, 0.3) is 0 Å². The molecule has 23 heavy (non-hydrogen) atoms. The maximum Gasteiger partial charge on any atom is 0.151 e. The topological polar surface area (TPSA) is 63.8 Å². The van der Waals surface area contributed by atoms with E-state index < -0.39 is 0 Å². The van der Waals surface area contributed by atoms with Crippen molar-refractivity contribution in [1.29, 1.82) is 0 Å². The molecule has 0 fully saturated rings. The van der Waals surface area contributed by atoms with Crippen molar-refractivity contribution >= 4 is 10.9 Å². The molecular weight excluding hydrogens is 288 g/mol. The minimum Gasteiger partial charge on any atom is -0.505 e. The van der Waals surface area contributed by atoms with E-state index in [-0.39, 0.29) is 5.75 Å². The van der Waals surface area contributed by atoms with Crippen LogP contribution in [0.4, 0.5) is 0 Å². The number of aromatic nitrogens is 4. The smallest absolute Gasteiger partial charge is 0.151 e. The molecule has 0 aliphatic carbocycles. The molecule has 0 amide bonds. The predicted octanol–water partition coefficient (Wildman–Crippen LogP) is 3.25. The Morgan fingerprint density at radius 1 is 0.957 bits per heavy atom. The second kappa shape index (κ2) is 5.53. The lowest BCUT2D eigenvalue weighted by Gasteiger charge is -2.04. The molecule has 2 aromatic heterocycles. The van der Waals surface area contributed by atoms with E-state index in [0.717, 1.165) is 10.9 Å². The zero-order valence-corrected chi connectivity index (χ0v) is 12.3. The average Bonchev–Trinajstić information content (AvgIpc) is 3.04. The van der Waals surface area contributed by atoms with Crippen LogP contribution in [0.3, 0.4) is 0 Å². The Morgan fingerprint density at radius 2 is 1.83 bits per heavy atom. The molecule has 4 aromatic rings. The third-order valence-corrected chi connectivity index (χ3v) is 3.75. The van der Waals surface area contributed by atoms with Crippen LogP contribution < -0.4 is 0 Å². The summed E-state index contributed by atoms with van der Waals surface area (Å²) in [7, 11) is 0. The Labute approximate surface area is 132 Å². The Morgan fingerprint density at radius 3 is 2.70 bits per heavy atom. The quantitative estimate of drug-likeness (QED) is 0.631. The monoisotopic (exact) mass is 302 g/mol. The van der Waals surface area contributed by atoms with E-state index in [1.807, 2.05) is 60.8 Å². The summed E-state index contributed by atoms with van der Waals surface area (Å²) in [5.74, 6) is 0.134. The fourth-order valence-electron chi connectivity index (χ4n) is 2.61. The van der Waals surface area contributed by atoms with E-state index in [4.69, 9.17) is 0 Å². The highest BCUT2D eigenvalue weighted by Crippen LogP contribution is 2.33. The number of benzene rings is 2. The molecule has 0 radical (unpaired) electrons. The second-order valence-corrected chi connectivity index (χ2v) is 5.32. The summed E-state index contributed by atoms with van der Waals surface area (Å²) in [6, 6.07) is 17.6. The number of phenols is 1. The highest BCUT2D eigenvalue weighted by atomic mass is 16.3. The minimum atomic E-state index is 0.134. The maximum atomic E-state index is 10.5. The summed E-state index contributed by atoms with van der Waals surface area (Å²) in [6.45, 7) is 0.639. The number of pyridine rings is 1. The van der Waals surface area contributed by atoms with Crippen molar-refractivity contribution in [1.82, 2.24) is 20.0 Å². The number of hydrogen-bond donors (Lipinski definition) is 1. The normalized spacial score (nSPS) is 11.0. The first-order chi connectivity index (χ1) is 11.3. The standard InChI is InChI=1S/C18H14N4O/c23-18-15(9-8-14-7-4-10-19-17(14)18)16-12-22(21-20-16)11-13-5-2-1-3-6-13/h1-10,12,23H,11H2. The van der Waals surface area contributed by atoms with Crippen molar-refractivity contribution in [2.24, 2.45) is 0 Å². The molecule has 0 unspecified atom stereocenters. The fraction of sp³-hybridized carbons (Fsp3) is 0.0556. The van der Waals surface area contributed by atoms with Crippen LogP contribution in [0.15, 0.2) is 67.0 Å².